The fraction of sp³-hybridized carbons (Fsp3) is 0.235. The number of ether oxygens (including phenoxy) is 1. The second-order valence-corrected chi connectivity index (χ2v) is 4.49. The van der Waals surface area contributed by atoms with Crippen molar-refractivity contribution in [2.24, 2.45) is 15.0 Å². The Morgan fingerprint density at radius 3 is 2.71 bits per heavy atom. The zero-order chi connectivity index (χ0) is 14.9. The van der Waals surface area contributed by atoms with E-state index in [-0.39, 0.29) is 0 Å². The van der Waals surface area contributed by atoms with Crippen molar-refractivity contribution in [2.45, 2.75) is 12.8 Å². The first-order valence-corrected chi connectivity index (χ1v) is 6.91. The molecule has 0 amide bonds. The average molecular weight is 281 g/mol. The Kier molecular flexibility index (Phi) is 5.64. The fourth-order valence-electron chi connectivity index (χ4n) is 2.06. The second-order valence-electron chi connectivity index (χ2n) is 4.49. The molecule has 0 N–H and O–H groups in total. The van der Waals surface area contributed by atoms with Gasteiger partial charge < -0.3 is 4.74 Å². The Balaban J connectivity index is 1.92. The minimum absolute atomic E-state index is 0.494. The highest BCUT2D eigenvalue weighted by Gasteiger charge is 2.08. The molecule has 4 heteroatoms. The molecule has 4 nitrogen and oxygen atoms in total. The molecule has 0 heterocycles. The first kappa shape index (κ1) is 14.9. The summed E-state index contributed by atoms with van der Waals surface area (Å²) in [5.41, 5.74) is 1.77. The molecule has 2 rings (SSSR count). The van der Waals surface area contributed by atoms with Gasteiger partial charge in [-0.25, -0.2) is 4.99 Å². The highest BCUT2D eigenvalue weighted by Crippen LogP contribution is 2.20. The lowest BCUT2D eigenvalue weighted by molar-refractivity contribution is 0.207. The lowest BCUT2D eigenvalue weighted by atomic mass is 10.1. The van der Waals surface area contributed by atoms with Crippen molar-refractivity contribution in [2.75, 3.05) is 13.2 Å². The summed E-state index contributed by atoms with van der Waals surface area (Å²) < 4.78 is 5.74. The number of rotatable bonds is 6. The number of allylic oxidation sites excluding steroid dienone is 3. The van der Waals surface area contributed by atoms with Crippen molar-refractivity contribution in [3.05, 3.63) is 59.5 Å². The van der Waals surface area contributed by atoms with Crippen LogP contribution in [0.4, 0.5) is 0 Å². The predicted octanol–water partition coefficient (Wildman–Crippen LogP) is 3.41. The van der Waals surface area contributed by atoms with Crippen molar-refractivity contribution in [1.82, 2.24) is 0 Å². The summed E-state index contributed by atoms with van der Waals surface area (Å²) in [6.45, 7) is 8.14. The number of nitrogens with zero attached hydrogens (tertiary/aromatic N) is 3. The Hall–Kier alpha value is -2.49. The standard InChI is InChI=1S/C17H19N3O/c1-18-15-10-6-7-11-16(15)21-13-12-20-17(19-2)14-8-4-3-5-9-14/h3-6,8-10H,1-2,7,11-13H2. The molecule has 0 aliphatic heterocycles. The molecule has 0 atom stereocenters. The van der Waals surface area contributed by atoms with E-state index in [4.69, 9.17) is 4.74 Å². The highest BCUT2D eigenvalue weighted by molar-refractivity contribution is 6.01. The van der Waals surface area contributed by atoms with Gasteiger partial charge in [0.15, 0.2) is 5.84 Å². The number of amidine groups is 1. The number of aliphatic imine (C=N–C) groups is 3. The monoisotopic (exact) mass is 281 g/mol. The lowest BCUT2D eigenvalue weighted by Gasteiger charge is -2.13. The molecule has 21 heavy (non-hydrogen) atoms. The maximum Gasteiger partial charge on any atom is 0.154 e. The topological polar surface area (TPSA) is 46.3 Å². The molecule has 1 aliphatic carbocycles. The third-order valence-corrected chi connectivity index (χ3v) is 3.08. The SMILES string of the molecule is C=NC(=NCCOC1=C(N=C)C=CCC1)c1ccccc1. The highest BCUT2D eigenvalue weighted by atomic mass is 16.5. The molecule has 0 saturated carbocycles. The average Bonchev–Trinajstić information content (AvgIpc) is 2.56. The van der Waals surface area contributed by atoms with Crippen molar-refractivity contribution in [3.8, 4) is 0 Å². The minimum Gasteiger partial charge on any atom is -0.494 e. The zero-order valence-corrected chi connectivity index (χ0v) is 12.0. The summed E-state index contributed by atoms with van der Waals surface area (Å²) in [5.74, 6) is 1.52. The molecular formula is C17H19N3O. The van der Waals surface area contributed by atoms with Gasteiger partial charge in [0.2, 0.25) is 0 Å². The van der Waals surface area contributed by atoms with Crippen molar-refractivity contribution in [3.63, 3.8) is 0 Å². The van der Waals surface area contributed by atoms with Crippen molar-refractivity contribution < 1.29 is 4.74 Å². The zero-order valence-electron chi connectivity index (χ0n) is 12.0. The maximum absolute atomic E-state index is 5.74. The predicted molar refractivity (Wildman–Crippen MR) is 88.3 cm³/mol. The third kappa shape index (κ3) is 4.24. The van der Waals surface area contributed by atoms with Crippen LogP contribution in [0.25, 0.3) is 0 Å². The second kappa shape index (κ2) is 7.94. The smallest absolute Gasteiger partial charge is 0.154 e. The minimum atomic E-state index is 0.494. The van der Waals surface area contributed by atoms with Gasteiger partial charge in [0.25, 0.3) is 0 Å². The number of benzene rings is 1. The van der Waals surface area contributed by atoms with Crippen LogP contribution < -0.4 is 0 Å². The van der Waals surface area contributed by atoms with E-state index in [0.29, 0.717) is 19.0 Å². The third-order valence-electron chi connectivity index (χ3n) is 3.08. The van der Waals surface area contributed by atoms with Gasteiger partial charge in [-0.2, -0.15) is 0 Å². The number of hydrogen-bond donors (Lipinski definition) is 0. The summed E-state index contributed by atoms with van der Waals surface area (Å²) in [6, 6.07) is 9.78. The normalized spacial score (nSPS) is 15.0. The van der Waals surface area contributed by atoms with Gasteiger partial charge in [0.05, 0.1) is 12.2 Å². The van der Waals surface area contributed by atoms with E-state index in [1.165, 1.54) is 0 Å². The van der Waals surface area contributed by atoms with E-state index >= 15 is 0 Å². The summed E-state index contributed by atoms with van der Waals surface area (Å²) in [5, 5.41) is 0. The van der Waals surface area contributed by atoms with Gasteiger partial charge in [-0.05, 0) is 25.9 Å². The van der Waals surface area contributed by atoms with E-state index in [0.717, 1.165) is 29.9 Å². The Labute approximate surface area is 125 Å². The van der Waals surface area contributed by atoms with Crippen molar-refractivity contribution in [1.29, 1.82) is 0 Å². The quantitative estimate of drug-likeness (QED) is 0.448. The first-order chi connectivity index (χ1) is 10.3. The van der Waals surface area contributed by atoms with Gasteiger partial charge in [0, 0.05) is 12.0 Å². The van der Waals surface area contributed by atoms with Gasteiger partial charge >= 0.3 is 0 Å². The molecule has 0 bridgehead atoms. The number of hydrogen-bond acceptors (Lipinski definition) is 3. The van der Waals surface area contributed by atoms with E-state index in [2.05, 4.69) is 34.5 Å². The summed E-state index contributed by atoms with van der Waals surface area (Å²) in [6.07, 6.45) is 5.85. The summed E-state index contributed by atoms with van der Waals surface area (Å²) in [4.78, 5) is 12.3. The molecule has 0 unspecified atom stereocenters. The van der Waals surface area contributed by atoms with Crippen molar-refractivity contribution >= 4 is 19.3 Å². The molecule has 0 radical (unpaired) electrons. The van der Waals surface area contributed by atoms with Gasteiger partial charge in [-0.15, -0.1) is 0 Å². The molecule has 0 saturated heterocycles. The molecule has 1 aromatic carbocycles. The van der Waals surface area contributed by atoms with Crippen LogP contribution in [0.5, 0.6) is 0 Å². The van der Waals surface area contributed by atoms with Crippen LogP contribution in [0.15, 0.2) is 68.9 Å². The van der Waals surface area contributed by atoms with Gasteiger partial charge in [-0.3, -0.25) is 9.98 Å². The van der Waals surface area contributed by atoms with E-state index in [9.17, 15) is 0 Å². The maximum atomic E-state index is 5.74. The van der Waals surface area contributed by atoms with Crippen LogP contribution >= 0.6 is 0 Å². The summed E-state index contributed by atoms with van der Waals surface area (Å²) >= 11 is 0. The lowest BCUT2D eigenvalue weighted by Crippen LogP contribution is -2.05. The van der Waals surface area contributed by atoms with Crippen LogP contribution in [0.1, 0.15) is 18.4 Å². The van der Waals surface area contributed by atoms with Crippen LogP contribution in [-0.2, 0) is 4.74 Å². The van der Waals surface area contributed by atoms with Crippen LogP contribution in [0.3, 0.4) is 0 Å². The molecule has 0 aromatic heterocycles. The Morgan fingerprint density at radius 1 is 1.19 bits per heavy atom. The van der Waals surface area contributed by atoms with E-state index < -0.39 is 0 Å². The van der Waals surface area contributed by atoms with E-state index in [1.807, 2.05) is 36.4 Å². The largest absolute Gasteiger partial charge is 0.494 e. The van der Waals surface area contributed by atoms with Gasteiger partial charge in [0.1, 0.15) is 12.4 Å². The van der Waals surface area contributed by atoms with Crippen LogP contribution in [-0.4, -0.2) is 32.4 Å². The molecule has 0 spiro atoms. The molecule has 0 fully saturated rings. The molecule has 1 aromatic rings. The van der Waals surface area contributed by atoms with Crippen LogP contribution in [0, 0.1) is 0 Å². The van der Waals surface area contributed by atoms with Gasteiger partial charge in [-0.1, -0.05) is 36.4 Å². The van der Waals surface area contributed by atoms with Crippen LogP contribution in [0.2, 0.25) is 0 Å². The summed E-state index contributed by atoms with van der Waals surface area (Å²) in [7, 11) is 0. The Bertz CT molecular complexity index is 585. The molecule has 1 aliphatic rings. The first-order valence-electron chi connectivity index (χ1n) is 6.91. The Morgan fingerprint density at radius 2 is 2.00 bits per heavy atom. The fourth-order valence-corrected chi connectivity index (χ4v) is 2.06. The van der Waals surface area contributed by atoms with E-state index in [1.54, 1.807) is 0 Å². The molecular weight excluding hydrogens is 262 g/mol. The molecule has 108 valence electrons.